The first-order valence-electron chi connectivity index (χ1n) is 5.96. The summed E-state index contributed by atoms with van der Waals surface area (Å²) in [5, 5.41) is 9.22. The smallest absolute Gasteiger partial charge is 0.289 e. The van der Waals surface area contributed by atoms with Crippen LogP contribution in [0.1, 0.15) is 24.4 Å². The molecule has 106 valence electrons. The van der Waals surface area contributed by atoms with Crippen LogP contribution in [0.4, 0.5) is 0 Å². The molecule has 6 nitrogen and oxygen atoms in total. The fourth-order valence-electron chi connectivity index (χ4n) is 1.41. The molecule has 0 saturated heterocycles. The summed E-state index contributed by atoms with van der Waals surface area (Å²) in [6, 6.07) is 3.16. The Hall–Kier alpha value is -1.82. The number of hydrogen-bond acceptors (Lipinski definition) is 4. The average molecular weight is 268 g/mol. The van der Waals surface area contributed by atoms with Crippen molar-refractivity contribution in [2.45, 2.75) is 19.4 Å². The number of amides is 2. The molecule has 1 heterocycles. The summed E-state index contributed by atoms with van der Waals surface area (Å²) in [4.78, 5) is 26.6. The topological polar surface area (TPSA) is 74.0 Å². The molecule has 0 spiro atoms. The van der Waals surface area contributed by atoms with Crippen molar-refractivity contribution >= 4 is 11.8 Å². The van der Waals surface area contributed by atoms with Gasteiger partial charge in [0.15, 0.2) is 5.76 Å². The van der Waals surface area contributed by atoms with Crippen LogP contribution in [0.15, 0.2) is 22.8 Å². The van der Waals surface area contributed by atoms with Gasteiger partial charge < -0.3 is 19.3 Å². The lowest BCUT2D eigenvalue weighted by Gasteiger charge is -2.34. The maximum atomic E-state index is 12.0. The quantitative estimate of drug-likeness (QED) is 0.847. The van der Waals surface area contributed by atoms with E-state index in [1.165, 1.54) is 23.1 Å². The summed E-state index contributed by atoms with van der Waals surface area (Å²) in [7, 11) is 3.13. The van der Waals surface area contributed by atoms with Gasteiger partial charge in [-0.05, 0) is 26.0 Å². The predicted octanol–water partition coefficient (Wildman–Crippen LogP) is 0.581. The fraction of sp³-hybridized carbons (Fsp3) is 0.538. The predicted molar refractivity (Wildman–Crippen MR) is 69.6 cm³/mol. The Morgan fingerprint density at radius 2 is 2.00 bits per heavy atom. The summed E-state index contributed by atoms with van der Waals surface area (Å²) in [6.07, 6.45) is 1.41. The van der Waals surface area contributed by atoms with E-state index in [1.807, 2.05) is 0 Å². The van der Waals surface area contributed by atoms with E-state index >= 15 is 0 Å². The van der Waals surface area contributed by atoms with Crippen molar-refractivity contribution in [2.75, 3.05) is 27.2 Å². The highest BCUT2D eigenvalue weighted by Crippen LogP contribution is 2.12. The average Bonchev–Trinajstić information content (AvgIpc) is 2.90. The van der Waals surface area contributed by atoms with Gasteiger partial charge in [-0.25, -0.2) is 0 Å². The number of aliphatic hydroxyl groups excluding tert-OH is 1. The molecule has 1 rings (SSSR count). The molecule has 2 amide bonds. The molecule has 0 aliphatic carbocycles. The van der Waals surface area contributed by atoms with Gasteiger partial charge in [0, 0.05) is 14.1 Å². The van der Waals surface area contributed by atoms with Crippen LogP contribution in [0.2, 0.25) is 0 Å². The van der Waals surface area contributed by atoms with Gasteiger partial charge in [-0.3, -0.25) is 9.59 Å². The van der Waals surface area contributed by atoms with Crippen LogP contribution in [0, 0.1) is 0 Å². The van der Waals surface area contributed by atoms with Crippen LogP contribution < -0.4 is 0 Å². The molecule has 0 unspecified atom stereocenters. The second-order valence-corrected chi connectivity index (χ2v) is 5.06. The molecule has 0 aliphatic rings. The van der Waals surface area contributed by atoms with Crippen molar-refractivity contribution in [1.82, 2.24) is 9.80 Å². The molecule has 6 heteroatoms. The minimum Gasteiger partial charge on any atom is -0.459 e. The van der Waals surface area contributed by atoms with Crippen LogP contribution >= 0.6 is 0 Å². The minimum absolute atomic E-state index is 0.0700. The van der Waals surface area contributed by atoms with Crippen LogP contribution in [0.25, 0.3) is 0 Å². The first kappa shape index (κ1) is 15.2. The second kappa shape index (κ2) is 5.88. The zero-order valence-electron chi connectivity index (χ0n) is 11.7. The second-order valence-electron chi connectivity index (χ2n) is 5.06. The molecule has 1 aromatic heterocycles. The lowest BCUT2D eigenvalue weighted by Crippen LogP contribution is -2.51. The molecule has 0 aromatic carbocycles. The van der Waals surface area contributed by atoms with Gasteiger partial charge in [-0.1, -0.05) is 0 Å². The van der Waals surface area contributed by atoms with Gasteiger partial charge in [-0.15, -0.1) is 0 Å². The van der Waals surface area contributed by atoms with Gasteiger partial charge in [-0.2, -0.15) is 0 Å². The van der Waals surface area contributed by atoms with E-state index in [1.54, 1.807) is 33.0 Å². The normalized spacial score (nSPS) is 11.2. The van der Waals surface area contributed by atoms with Gasteiger partial charge in [0.2, 0.25) is 5.91 Å². The number of nitrogens with zero attached hydrogens (tertiary/aromatic N) is 2. The monoisotopic (exact) mass is 268 g/mol. The summed E-state index contributed by atoms with van der Waals surface area (Å²) >= 11 is 0. The zero-order valence-corrected chi connectivity index (χ0v) is 11.7. The van der Waals surface area contributed by atoms with Gasteiger partial charge in [0.05, 0.1) is 25.0 Å². The molecule has 0 fully saturated rings. The maximum Gasteiger partial charge on any atom is 0.289 e. The molecule has 1 aromatic rings. The Labute approximate surface area is 112 Å². The first-order chi connectivity index (χ1) is 8.79. The highest BCUT2D eigenvalue weighted by atomic mass is 16.3. The molecule has 0 radical (unpaired) electrons. The first-order valence-corrected chi connectivity index (χ1v) is 5.96. The van der Waals surface area contributed by atoms with E-state index in [0.29, 0.717) is 0 Å². The third kappa shape index (κ3) is 3.57. The Kier molecular flexibility index (Phi) is 4.72. The van der Waals surface area contributed by atoms with E-state index in [9.17, 15) is 14.7 Å². The highest BCUT2D eigenvalue weighted by Gasteiger charge is 2.28. The van der Waals surface area contributed by atoms with Crippen molar-refractivity contribution in [2.24, 2.45) is 0 Å². The van der Waals surface area contributed by atoms with Gasteiger partial charge in [0.25, 0.3) is 5.91 Å². The largest absolute Gasteiger partial charge is 0.459 e. The SMILES string of the molecule is CN(CC(=O)N(C)C(C)(C)CO)C(=O)c1ccco1. The van der Waals surface area contributed by atoms with Crippen LogP contribution in [-0.2, 0) is 4.79 Å². The number of aliphatic hydroxyl groups is 1. The van der Waals surface area contributed by atoms with Crippen LogP contribution in [0.3, 0.4) is 0 Å². The number of furan rings is 1. The maximum absolute atomic E-state index is 12.0. The summed E-state index contributed by atoms with van der Waals surface area (Å²) in [5.41, 5.74) is -0.661. The van der Waals surface area contributed by atoms with Crippen LogP contribution in [0.5, 0.6) is 0 Å². The lowest BCUT2D eigenvalue weighted by atomic mass is 10.1. The van der Waals surface area contributed by atoms with Crippen molar-refractivity contribution in [3.05, 3.63) is 24.2 Å². The van der Waals surface area contributed by atoms with E-state index in [4.69, 9.17) is 4.42 Å². The van der Waals surface area contributed by atoms with Crippen molar-refractivity contribution in [3.8, 4) is 0 Å². The molecule has 1 N–H and O–H groups in total. The molecule has 0 aliphatic heterocycles. The Morgan fingerprint density at radius 1 is 1.37 bits per heavy atom. The van der Waals surface area contributed by atoms with E-state index < -0.39 is 5.54 Å². The Balaban J connectivity index is 2.65. The number of likely N-dealkylation sites (N-methyl/N-ethyl adjacent to an activating group) is 2. The van der Waals surface area contributed by atoms with E-state index in [-0.39, 0.29) is 30.7 Å². The van der Waals surface area contributed by atoms with E-state index in [2.05, 4.69) is 0 Å². The number of carbonyl (C=O) groups excluding carboxylic acids is 2. The third-order valence-electron chi connectivity index (χ3n) is 3.12. The molecule has 0 atom stereocenters. The summed E-state index contributed by atoms with van der Waals surface area (Å²) in [6.45, 7) is 3.28. The molecular weight excluding hydrogens is 248 g/mol. The van der Waals surface area contributed by atoms with Crippen LogP contribution in [-0.4, -0.2) is 59.5 Å². The van der Waals surface area contributed by atoms with Crippen molar-refractivity contribution in [3.63, 3.8) is 0 Å². The molecule has 0 saturated carbocycles. The van der Waals surface area contributed by atoms with E-state index in [0.717, 1.165) is 0 Å². The van der Waals surface area contributed by atoms with Crippen molar-refractivity contribution < 1.29 is 19.1 Å². The third-order valence-corrected chi connectivity index (χ3v) is 3.12. The summed E-state index contributed by atoms with van der Waals surface area (Å²) in [5.74, 6) is -0.408. The fourth-order valence-corrected chi connectivity index (χ4v) is 1.41. The molecule has 19 heavy (non-hydrogen) atoms. The molecule has 0 bridgehead atoms. The highest BCUT2D eigenvalue weighted by molar-refractivity contribution is 5.94. The Morgan fingerprint density at radius 3 is 2.47 bits per heavy atom. The zero-order chi connectivity index (χ0) is 14.6. The number of hydrogen-bond donors (Lipinski definition) is 1. The summed E-state index contributed by atoms with van der Waals surface area (Å²) < 4.78 is 4.99. The van der Waals surface area contributed by atoms with Gasteiger partial charge >= 0.3 is 0 Å². The number of carbonyl (C=O) groups is 2. The van der Waals surface area contributed by atoms with Gasteiger partial charge in [0.1, 0.15) is 0 Å². The Bertz CT molecular complexity index is 440. The lowest BCUT2D eigenvalue weighted by molar-refractivity contribution is -0.136. The van der Waals surface area contributed by atoms with Crippen molar-refractivity contribution in [1.29, 1.82) is 0 Å². The standard InChI is InChI=1S/C13H20N2O4/c1-13(2,9-16)15(4)11(17)8-14(3)12(18)10-6-5-7-19-10/h5-7,16H,8-9H2,1-4H3. The molecular formula is C13H20N2O4. The number of rotatable bonds is 5. The minimum atomic E-state index is -0.661.